The van der Waals surface area contributed by atoms with Crippen molar-refractivity contribution in [3.63, 3.8) is 0 Å². The van der Waals surface area contributed by atoms with Gasteiger partial charge in [0.15, 0.2) is 0 Å². The van der Waals surface area contributed by atoms with Crippen molar-refractivity contribution in [2.45, 2.75) is 25.2 Å². The number of halogens is 3. The molecule has 0 spiro atoms. The van der Waals surface area contributed by atoms with Crippen LogP contribution >= 0.6 is 0 Å². The summed E-state index contributed by atoms with van der Waals surface area (Å²) < 4.78 is 37.7. The van der Waals surface area contributed by atoms with Crippen LogP contribution in [0.15, 0.2) is 48.5 Å². The van der Waals surface area contributed by atoms with E-state index in [9.17, 15) is 18.0 Å². The quantitative estimate of drug-likeness (QED) is 0.827. The number of hydrogen-bond acceptors (Lipinski definition) is 3. The molecule has 5 nitrogen and oxygen atoms in total. The zero-order valence-corrected chi connectivity index (χ0v) is 15.1. The van der Waals surface area contributed by atoms with Gasteiger partial charge in [0.1, 0.15) is 0 Å². The maximum absolute atomic E-state index is 12.6. The third-order valence-corrected chi connectivity index (χ3v) is 4.66. The smallest absolute Gasteiger partial charge is 0.321 e. The van der Waals surface area contributed by atoms with E-state index in [-0.39, 0.29) is 18.1 Å². The fourth-order valence-corrected chi connectivity index (χ4v) is 2.99. The van der Waals surface area contributed by atoms with E-state index in [2.05, 4.69) is 16.7 Å². The number of carbonyl (C=O) groups excluding carboxylic acids is 1. The van der Waals surface area contributed by atoms with Crippen LogP contribution in [0.25, 0.3) is 0 Å². The van der Waals surface area contributed by atoms with Gasteiger partial charge in [-0.05, 0) is 48.9 Å². The highest BCUT2D eigenvalue weighted by molar-refractivity contribution is 5.89. The van der Waals surface area contributed by atoms with Crippen LogP contribution in [-0.4, -0.2) is 30.1 Å². The Morgan fingerprint density at radius 1 is 1.14 bits per heavy atom. The molecule has 2 N–H and O–H groups in total. The molecule has 1 heterocycles. The molecule has 2 amide bonds. The van der Waals surface area contributed by atoms with E-state index in [1.807, 2.05) is 19.1 Å². The highest BCUT2D eigenvalue weighted by Gasteiger charge is 2.32. The molecule has 0 radical (unpaired) electrons. The number of nitrogens with one attached hydrogen (secondary N) is 2. The Kier molecular flexibility index (Phi) is 5.56. The van der Waals surface area contributed by atoms with Gasteiger partial charge in [-0.2, -0.15) is 18.4 Å². The minimum atomic E-state index is -4.40. The molecule has 0 bridgehead atoms. The monoisotopic (exact) mass is 388 g/mol. The van der Waals surface area contributed by atoms with Crippen molar-refractivity contribution in [1.82, 2.24) is 10.2 Å². The first-order valence-corrected chi connectivity index (χ1v) is 8.75. The van der Waals surface area contributed by atoms with E-state index >= 15 is 0 Å². The Balaban J connectivity index is 1.46. The van der Waals surface area contributed by atoms with Gasteiger partial charge in [0.05, 0.1) is 17.2 Å². The number of carbonyl (C=O) groups is 1. The number of alkyl halides is 3. The van der Waals surface area contributed by atoms with Gasteiger partial charge in [-0.15, -0.1) is 0 Å². The SMILES string of the molecule is CC(NC1CN(C(=O)Nc2ccc(C(F)(F)F)cc2)C1)c1ccc(C#N)cc1. The van der Waals surface area contributed by atoms with Crippen LogP contribution in [0.1, 0.15) is 29.7 Å². The Bertz CT molecular complexity index is 866. The van der Waals surface area contributed by atoms with Gasteiger partial charge in [0, 0.05) is 30.9 Å². The molecule has 1 aliphatic rings. The molecular weight excluding hydrogens is 369 g/mol. The molecule has 1 unspecified atom stereocenters. The maximum atomic E-state index is 12.6. The van der Waals surface area contributed by atoms with E-state index in [1.54, 1.807) is 17.0 Å². The molecule has 1 saturated heterocycles. The minimum absolute atomic E-state index is 0.0675. The van der Waals surface area contributed by atoms with Gasteiger partial charge in [0.2, 0.25) is 0 Å². The zero-order valence-electron chi connectivity index (χ0n) is 15.1. The summed E-state index contributed by atoms with van der Waals surface area (Å²) in [4.78, 5) is 13.8. The van der Waals surface area contributed by atoms with Gasteiger partial charge in [-0.25, -0.2) is 4.79 Å². The van der Waals surface area contributed by atoms with Crippen LogP contribution in [0.5, 0.6) is 0 Å². The van der Waals surface area contributed by atoms with Crippen LogP contribution in [-0.2, 0) is 6.18 Å². The van der Waals surface area contributed by atoms with Crippen molar-refractivity contribution in [2.75, 3.05) is 18.4 Å². The summed E-state index contributed by atoms with van der Waals surface area (Å²) in [6, 6.07) is 13.6. The Morgan fingerprint density at radius 2 is 1.75 bits per heavy atom. The molecule has 0 saturated carbocycles. The fourth-order valence-electron chi connectivity index (χ4n) is 2.99. The summed E-state index contributed by atoms with van der Waals surface area (Å²) in [7, 11) is 0. The lowest BCUT2D eigenvalue weighted by atomic mass is 10.0. The first-order chi connectivity index (χ1) is 13.3. The Morgan fingerprint density at radius 3 is 2.29 bits per heavy atom. The van der Waals surface area contributed by atoms with Crippen LogP contribution < -0.4 is 10.6 Å². The van der Waals surface area contributed by atoms with Crippen molar-refractivity contribution in [3.05, 3.63) is 65.2 Å². The van der Waals surface area contributed by atoms with Gasteiger partial charge in [0.25, 0.3) is 0 Å². The average Bonchev–Trinajstić information content (AvgIpc) is 2.63. The molecule has 146 valence electrons. The second-order valence-electron chi connectivity index (χ2n) is 6.73. The number of anilines is 1. The predicted octanol–water partition coefficient (Wildman–Crippen LogP) is 4.14. The summed E-state index contributed by atoms with van der Waals surface area (Å²) in [6.45, 7) is 3.02. The lowest BCUT2D eigenvalue weighted by molar-refractivity contribution is -0.137. The van der Waals surface area contributed by atoms with Gasteiger partial charge >= 0.3 is 12.2 Å². The number of nitrogens with zero attached hydrogens (tertiary/aromatic N) is 2. The average molecular weight is 388 g/mol. The number of hydrogen-bond donors (Lipinski definition) is 2. The van der Waals surface area contributed by atoms with E-state index in [0.717, 1.165) is 17.7 Å². The Labute approximate surface area is 160 Å². The minimum Gasteiger partial charge on any atom is -0.321 e. The van der Waals surface area contributed by atoms with Crippen molar-refractivity contribution in [1.29, 1.82) is 5.26 Å². The molecule has 1 atom stereocenters. The second-order valence-corrected chi connectivity index (χ2v) is 6.73. The van der Waals surface area contributed by atoms with Crippen LogP contribution in [0.4, 0.5) is 23.7 Å². The fraction of sp³-hybridized carbons (Fsp3) is 0.300. The summed E-state index contributed by atoms with van der Waals surface area (Å²) in [6.07, 6.45) is -4.40. The van der Waals surface area contributed by atoms with Crippen molar-refractivity contribution >= 4 is 11.7 Å². The molecule has 2 aromatic rings. The molecule has 2 aromatic carbocycles. The largest absolute Gasteiger partial charge is 0.416 e. The second kappa shape index (κ2) is 7.90. The van der Waals surface area contributed by atoms with Crippen molar-refractivity contribution in [3.8, 4) is 6.07 Å². The van der Waals surface area contributed by atoms with E-state index in [4.69, 9.17) is 5.26 Å². The lowest BCUT2D eigenvalue weighted by Crippen LogP contribution is -2.61. The summed E-state index contributed by atoms with van der Waals surface area (Å²) in [5.41, 5.74) is 1.22. The number of nitriles is 1. The summed E-state index contributed by atoms with van der Waals surface area (Å²) in [5, 5.41) is 14.9. The number of likely N-dealkylation sites (tertiary alicyclic amines) is 1. The molecule has 1 fully saturated rings. The number of benzene rings is 2. The van der Waals surface area contributed by atoms with E-state index in [0.29, 0.717) is 24.3 Å². The molecule has 1 aliphatic heterocycles. The third-order valence-electron chi connectivity index (χ3n) is 4.66. The number of rotatable bonds is 4. The molecule has 28 heavy (non-hydrogen) atoms. The van der Waals surface area contributed by atoms with Gasteiger partial charge < -0.3 is 15.5 Å². The first-order valence-electron chi connectivity index (χ1n) is 8.75. The zero-order chi connectivity index (χ0) is 20.3. The van der Waals surface area contributed by atoms with E-state index < -0.39 is 11.7 Å². The standard InChI is InChI=1S/C20H19F3N4O/c1-13(15-4-2-14(10-24)3-5-15)25-18-11-27(12-18)19(28)26-17-8-6-16(7-9-17)20(21,22)23/h2-9,13,18,25H,11-12H2,1H3,(H,26,28). The maximum Gasteiger partial charge on any atom is 0.416 e. The molecule has 3 rings (SSSR count). The van der Waals surface area contributed by atoms with E-state index in [1.165, 1.54) is 12.1 Å². The summed E-state index contributed by atoms with van der Waals surface area (Å²) >= 11 is 0. The van der Waals surface area contributed by atoms with Crippen molar-refractivity contribution < 1.29 is 18.0 Å². The topological polar surface area (TPSA) is 68.2 Å². The highest BCUT2D eigenvalue weighted by atomic mass is 19.4. The van der Waals surface area contributed by atoms with Crippen molar-refractivity contribution in [2.24, 2.45) is 0 Å². The van der Waals surface area contributed by atoms with Crippen LogP contribution in [0, 0.1) is 11.3 Å². The number of urea groups is 1. The lowest BCUT2D eigenvalue weighted by Gasteiger charge is -2.41. The number of amides is 2. The van der Waals surface area contributed by atoms with Gasteiger partial charge in [-0.1, -0.05) is 12.1 Å². The van der Waals surface area contributed by atoms with Crippen LogP contribution in [0.2, 0.25) is 0 Å². The molecule has 0 aromatic heterocycles. The Hall–Kier alpha value is -3.05. The van der Waals surface area contributed by atoms with Crippen LogP contribution in [0.3, 0.4) is 0 Å². The molecule has 0 aliphatic carbocycles. The summed E-state index contributed by atoms with van der Waals surface area (Å²) in [5.74, 6) is 0. The third kappa shape index (κ3) is 4.61. The normalized spacial score (nSPS) is 15.5. The molecular formula is C20H19F3N4O. The van der Waals surface area contributed by atoms with Gasteiger partial charge in [-0.3, -0.25) is 0 Å². The first kappa shape index (κ1) is 19.7. The predicted molar refractivity (Wildman–Crippen MR) is 98.5 cm³/mol. The highest BCUT2D eigenvalue weighted by Crippen LogP contribution is 2.30. The molecule has 8 heteroatoms.